The van der Waals surface area contributed by atoms with Crippen LogP contribution in [0.1, 0.15) is 11.3 Å². The molecule has 0 aliphatic heterocycles. The molecule has 8 heteroatoms. The van der Waals surface area contributed by atoms with Gasteiger partial charge in [0.1, 0.15) is 11.5 Å². The number of rotatable bonds is 8. The number of anilines is 1. The lowest BCUT2D eigenvalue weighted by Gasteiger charge is -2.21. The van der Waals surface area contributed by atoms with Gasteiger partial charge in [-0.05, 0) is 55.5 Å². The molecule has 7 nitrogen and oxygen atoms in total. The van der Waals surface area contributed by atoms with E-state index in [9.17, 15) is 13.2 Å². The highest BCUT2D eigenvalue weighted by Crippen LogP contribution is 2.20. The van der Waals surface area contributed by atoms with Crippen LogP contribution < -0.4 is 10.1 Å². The van der Waals surface area contributed by atoms with E-state index in [2.05, 4.69) is 5.32 Å². The molecule has 0 saturated carbocycles. The Kier molecular flexibility index (Phi) is 6.36. The third-order valence-corrected chi connectivity index (χ3v) is 6.07. The molecule has 3 rings (SSSR count). The molecule has 0 fully saturated rings. The lowest BCUT2D eigenvalue weighted by Crippen LogP contribution is -2.37. The van der Waals surface area contributed by atoms with Crippen LogP contribution in [0.2, 0.25) is 0 Å². The minimum Gasteiger partial charge on any atom is -0.497 e. The first-order valence-electron chi connectivity index (χ1n) is 8.91. The lowest BCUT2D eigenvalue weighted by atomic mass is 10.2. The Hall–Kier alpha value is -3.10. The predicted molar refractivity (Wildman–Crippen MR) is 109 cm³/mol. The molecule has 0 atom stereocenters. The zero-order chi connectivity index (χ0) is 20.9. The minimum absolute atomic E-state index is 0.0563. The average Bonchev–Trinajstić information content (AvgIpc) is 3.21. The van der Waals surface area contributed by atoms with Crippen molar-refractivity contribution in [3.8, 4) is 5.75 Å². The highest BCUT2D eigenvalue weighted by molar-refractivity contribution is 7.89. The molecule has 0 aliphatic rings. The number of benzene rings is 2. The summed E-state index contributed by atoms with van der Waals surface area (Å²) in [5.74, 6) is 0.639. The molecule has 1 amide bonds. The summed E-state index contributed by atoms with van der Waals surface area (Å²) >= 11 is 0. The number of nitrogens with zero attached hydrogens (tertiary/aromatic N) is 1. The van der Waals surface area contributed by atoms with Gasteiger partial charge in [0.25, 0.3) is 0 Å². The van der Waals surface area contributed by atoms with E-state index in [1.807, 2.05) is 6.92 Å². The van der Waals surface area contributed by atoms with E-state index in [0.29, 0.717) is 17.2 Å². The van der Waals surface area contributed by atoms with Crippen LogP contribution in [0.3, 0.4) is 0 Å². The molecule has 1 N–H and O–H groups in total. The lowest BCUT2D eigenvalue weighted by molar-refractivity contribution is -0.116. The molecule has 0 radical (unpaired) electrons. The van der Waals surface area contributed by atoms with Crippen molar-refractivity contribution in [2.45, 2.75) is 18.4 Å². The molecule has 0 unspecified atom stereocenters. The van der Waals surface area contributed by atoms with Gasteiger partial charge in [-0.1, -0.05) is 17.7 Å². The molecule has 0 spiro atoms. The first-order valence-corrected chi connectivity index (χ1v) is 10.4. The predicted octanol–water partition coefficient (Wildman–Crippen LogP) is 3.43. The van der Waals surface area contributed by atoms with Crippen molar-refractivity contribution >= 4 is 21.6 Å². The first-order chi connectivity index (χ1) is 13.9. The molecule has 2 aromatic carbocycles. The molecule has 0 saturated heterocycles. The number of aryl methyl sites for hydroxylation is 1. The van der Waals surface area contributed by atoms with E-state index >= 15 is 0 Å². The molecule has 29 heavy (non-hydrogen) atoms. The number of furan rings is 1. The fraction of sp³-hybridized carbons (Fsp3) is 0.190. The molecule has 1 aromatic heterocycles. The number of hydrogen-bond acceptors (Lipinski definition) is 5. The molecule has 0 bridgehead atoms. The fourth-order valence-corrected chi connectivity index (χ4v) is 4.06. The van der Waals surface area contributed by atoms with Gasteiger partial charge in [0.2, 0.25) is 15.9 Å². The number of carbonyl (C=O) groups excluding carboxylic acids is 1. The van der Waals surface area contributed by atoms with Crippen LogP contribution >= 0.6 is 0 Å². The van der Waals surface area contributed by atoms with Crippen molar-refractivity contribution in [2.24, 2.45) is 0 Å². The van der Waals surface area contributed by atoms with Gasteiger partial charge >= 0.3 is 0 Å². The summed E-state index contributed by atoms with van der Waals surface area (Å²) in [6, 6.07) is 16.6. The summed E-state index contributed by atoms with van der Waals surface area (Å²) in [5.41, 5.74) is 1.49. The summed E-state index contributed by atoms with van der Waals surface area (Å²) in [7, 11) is -2.35. The smallest absolute Gasteiger partial charge is 0.243 e. The third kappa shape index (κ3) is 5.24. The Morgan fingerprint density at radius 1 is 1.07 bits per heavy atom. The first kappa shape index (κ1) is 20.6. The number of carbonyl (C=O) groups is 1. The molecule has 152 valence electrons. The van der Waals surface area contributed by atoms with Gasteiger partial charge in [0.15, 0.2) is 0 Å². The number of methoxy groups -OCH3 is 1. The third-order valence-electron chi connectivity index (χ3n) is 4.26. The second kappa shape index (κ2) is 8.93. The Labute approximate surface area is 170 Å². The van der Waals surface area contributed by atoms with Crippen molar-refractivity contribution in [1.29, 1.82) is 0 Å². The van der Waals surface area contributed by atoms with Crippen molar-refractivity contribution in [2.75, 3.05) is 19.0 Å². The highest BCUT2D eigenvalue weighted by atomic mass is 32.2. The maximum atomic E-state index is 13.1. The van der Waals surface area contributed by atoms with Gasteiger partial charge in [0.05, 0.1) is 31.4 Å². The van der Waals surface area contributed by atoms with E-state index < -0.39 is 15.9 Å². The van der Waals surface area contributed by atoms with Crippen LogP contribution in [0, 0.1) is 6.92 Å². The van der Waals surface area contributed by atoms with Crippen LogP contribution in [0.15, 0.2) is 76.2 Å². The second-order valence-corrected chi connectivity index (χ2v) is 8.38. The summed E-state index contributed by atoms with van der Waals surface area (Å²) in [4.78, 5) is 12.7. The van der Waals surface area contributed by atoms with E-state index in [4.69, 9.17) is 9.15 Å². The monoisotopic (exact) mass is 414 g/mol. The molecule has 0 aliphatic carbocycles. The zero-order valence-corrected chi connectivity index (χ0v) is 17.0. The van der Waals surface area contributed by atoms with Crippen molar-refractivity contribution in [3.05, 3.63) is 78.3 Å². The van der Waals surface area contributed by atoms with Gasteiger partial charge in [-0.3, -0.25) is 4.79 Å². The topological polar surface area (TPSA) is 88.8 Å². The summed E-state index contributed by atoms with van der Waals surface area (Å²) < 4.78 is 37.7. The number of ether oxygens (including phenoxy) is 1. The summed E-state index contributed by atoms with van der Waals surface area (Å²) in [6.45, 7) is 1.46. The van der Waals surface area contributed by atoms with Gasteiger partial charge < -0.3 is 14.5 Å². The van der Waals surface area contributed by atoms with E-state index in [1.165, 1.54) is 18.4 Å². The van der Waals surface area contributed by atoms with E-state index in [1.54, 1.807) is 55.6 Å². The maximum Gasteiger partial charge on any atom is 0.243 e. The van der Waals surface area contributed by atoms with Crippen molar-refractivity contribution in [3.63, 3.8) is 0 Å². The van der Waals surface area contributed by atoms with Crippen LogP contribution in [-0.2, 0) is 21.4 Å². The minimum atomic E-state index is -3.90. The van der Waals surface area contributed by atoms with E-state index in [0.717, 1.165) is 9.87 Å². The summed E-state index contributed by atoms with van der Waals surface area (Å²) in [6.07, 6.45) is 1.46. The number of hydrogen-bond donors (Lipinski definition) is 1. The Bertz CT molecular complexity index is 1040. The second-order valence-electron chi connectivity index (χ2n) is 6.44. The fourth-order valence-electron chi connectivity index (χ4n) is 2.70. The van der Waals surface area contributed by atoms with Gasteiger partial charge in [0, 0.05) is 5.69 Å². The zero-order valence-electron chi connectivity index (χ0n) is 16.2. The van der Waals surface area contributed by atoms with Crippen molar-refractivity contribution < 1.29 is 22.4 Å². The van der Waals surface area contributed by atoms with Crippen LogP contribution in [0.4, 0.5) is 5.69 Å². The Morgan fingerprint density at radius 3 is 2.34 bits per heavy atom. The maximum absolute atomic E-state index is 13.1. The molecular weight excluding hydrogens is 392 g/mol. The number of sulfonamides is 1. The van der Waals surface area contributed by atoms with Gasteiger partial charge in [-0.2, -0.15) is 4.31 Å². The van der Waals surface area contributed by atoms with Gasteiger partial charge in [-0.15, -0.1) is 0 Å². The van der Waals surface area contributed by atoms with E-state index in [-0.39, 0.29) is 18.0 Å². The van der Waals surface area contributed by atoms with Crippen molar-refractivity contribution in [1.82, 2.24) is 4.31 Å². The highest BCUT2D eigenvalue weighted by Gasteiger charge is 2.27. The molecular formula is C21H22N2O5S. The summed E-state index contributed by atoms with van der Waals surface area (Å²) in [5, 5.41) is 2.70. The van der Waals surface area contributed by atoms with Crippen LogP contribution in [0.5, 0.6) is 5.75 Å². The Morgan fingerprint density at radius 2 is 1.76 bits per heavy atom. The normalized spacial score (nSPS) is 11.4. The number of amides is 1. The standard InChI is InChI=1S/C21H22N2O5S/c1-16-5-11-20(12-6-16)29(25,26)23(14-19-4-3-13-28-19)15-21(24)22-17-7-9-18(27-2)10-8-17/h3-13H,14-15H2,1-2H3,(H,22,24). The van der Waals surface area contributed by atoms with Crippen LogP contribution in [-0.4, -0.2) is 32.3 Å². The molecule has 3 aromatic rings. The van der Waals surface area contributed by atoms with Gasteiger partial charge in [-0.25, -0.2) is 8.42 Å². The largest absolute Gasteiger partial charge is 0.497 e. The quantitative estimate of drug-likeness (QED) is 0.610. The average molecular weight is 414 g/mol. The molecule has 1 heterocycles. The number of nitrogens with one attached hydrogen (secondary N) is 1. The SMILES string of the molecule is COc1ccc(NC(=O)CN(Cc2ccco2)S(=O)(=O)c2ccc(C)cc2)cc1. The Balaban J connectivity index is 1.80. The van der Waals surface area contributed by atoms with Crippen LogP contribution in [0.25, 0.3) is 0 Å².